The van der Waals surface area contributed by atoms with Crippen molar-refractivity contribution in [3.63, 3.8) is 0 Å². The largest absolute Gasteiger partial charge is 0.376 e. The molecule has 1 aliphatic heterocycles. The molecule has 6 nitrogen and oxygen atoms in total. The second-order valence-corrected chi connectivity index (χ2v) is 8.08. The Hall–Kier alpha value is -1.49. The normalized spacial score (nSPS) is 20.1. The van der Waals surface area contributed by atoms with Crippen LogP contribution in [0.15, 0.2) is 23.2 Å². The predicted octanol–water partition coefficient (Wildman–Crippen LogP) is 2.81. The first-order valence-electron chi connectivity index (χ1n) is 10.2. The number of nitrogens with zero attached hydrogens (tertiary/aromatic N) is 2. The zero-order chi connectivity index (χ0) is 20.9. The highest BCUT2D eigenvalue weighted by molar-refractivity contribution is 14.0. The maximum atomic E-state index is 14.3. The minimum atomic E-state index is -0.575. The van der Waals surface area contributed by atoms with E-state index in [9.17, 15) is 13.6 Å². The van der Waals surface area contributed by atoms with E-state index in [4.69, 9.17) is 4.74 Å². The summed E-state index contributed by atoms with van der Waals surface area (Å²) >= 11 is 0. The number of hydrogen-bond donors (Lipinski definition) is 2. The number of hydrogen-bond acceptors (Lipinski definition) is 3. The molecule has 1 aromatic rings. The monoisotopic (exact) mass is 536 g/mol. The third kappa shape index (κ3) is 6.76. The second kappa shape index (κ2) is 11.2. The van der Waals surface area contributed by atoms with E-state index in [1.54, 1.807) is 14.1 Å². The number of likely N-dealkylation sites (N-methyl/N-ethyl adjacent to an activating group) is 1. The van der Waals surface area contributed by atoms with Crippen LogP contribution in [0.3, 0.4) is 0 Å². The van der Waals surface area contributed by atoms with Crippen molar-refractivity contribution >= 4 is 35.8 Å². The summed E-state index contributed by atoms with van der Waals surface area (Å²) in [6.07, 6.45) is 4.96. The molecule has 0 spiro atoms. The third-order valence-corrected chi connectivity index (χ3v) is 5.59. The van der Waals surface area contributed by atoms with Gasteiger partial charge in [-0.2, -0.15) is 0 Å². The topological polar surface area (TPSA) is 66.0 Å². The van der Waals surface area contributed by atoms with Gasteiger partial charge in [-0.15, -0.1) is 24.0 Å². The molecule has 30 heavy (non-hydrogen) atoms. The Morgan fingerprint density at radius 3 is 2.63 bits per heavy atom. The average molecular weight is 536 g/mol. The van der Waals surface area contributed by atoms with Gasteiger partial charge in [0, 0.05) is 45.3 Å². The minimum absolute atomic E-state index is 0. The van der Waals surface area contributed by atoms with Crippen LogP contribution in [0.4, 0.5) is 8.78 Å². The van der Waals surface area contributed by atoms with Gasteiger partial charge in [0.2, 0.25) is 5.91 Å². The van der Waals surface area contributed by atoms with Crippen LogP contribution in [-0.2, 0) is 14.9 Å². The quantitative estimate of drug-likeness (QED) is 0.320. The van der Waals surface area contributed by atoms with E-state index in [1.165, 1.54) is 17.0 Å². The summed E-state index contributed by atoms with van der Waals surface area (Å²) in [6.45, 7) is 1.84. The van der Waals surface area contributed by atoms with Crippen molar-refractivity contribution in [2.75, 3.05) is 40.3 Å². The molecule has 1 saturated heterocycles. The van der Waals surface area contributed by atoms with E-state index in [-0.39, 0.29) is 47.9 Å². The van der Waals surface area contributed by atoms with Crippen molar-refractivity contribution in [1.29, 1.82) is 0 Å². The molecule has 1 saturated carbocycles. The number of ether oxygens (including phenoxy) is 1. The van der Waals surface area contributed by atoms with E-state index in [0.717, 1.165) is 44.8 Å². The Morgan fingerprint density at radius 2 is 2.03 bits per heavy atom. The molecule has 1 amide bonds. The molecule has 0 radical (unpaired) electrons. The minimum Gasteiger partial charge on any atom is -0.376 e. The van der Waals surface area contributed by atoms with Gasteiger partial charge in [-0.05, 0) is 43.7 Å². The molecule has 1 aliphatic carbocycles. The molecule has 1 heterocycles. The highest BCUT2D eigenvalue weighted by Crippen LogP contribution is 2.48. The van der Waals surface area contributed by atoms with Crippen molar-refractivity contribution in [3.05, 3.63) is 35.4 Å². The molecular formula is C21H31F2IN4O2. The Balaban J connectivity index is 0.00000320. The van der Waals surface area contributed by atoms with Gasteiger partial charge >= 0.3 is 0 Å². The van der Waals surface area contributed by atoms with Crippen molar-refractivity contribution in [1.82, 2.24) is 15.5 Å². The lowest BCUT2D eigenvalue weighted by Crippen LogP contribution is -2.45. The van der Waals surface area contributed by atoms with Crippen molar-refractivity contribution in [2.45, 2.75) is 43.6 Å². The zero-order valence-corrected chi connectivity index (χ0v) is 19.9. The zero-order valence-electron chi connectivity index (χ0n) is 17.5. The van der Waals surface area contributed by atoms with E-state index in [1.807, 2.05) is 0 Å². The number of nitrogens with one attached hydrogen (secondary N) is 2. The van der Waals surface area contributed by atoms with Crippen LogP contribution >= 0.6 is 24.0 Å². The predicted molar refractivity (Wildman–Crippen MR) is 123 cm³/mol. The van der Waals surface area contributed by atoms with Gasteiger partial charge in [-0.1, -0.05) is 6.07 Å². The van der Waals surface area contributed by atoms with Crippen molar-refractivity contribution in [3.8, 4) is 0 Å². The van der Waals surface area contributed by atoms with Crippen molar-refractivity contribution in [2.24, 2.45) is 4.99 Å². The summed E-state index contributed by atoms with van der Waals surface area (Å²) in [5.74, 6) is -0.698. The van der Waals surface area contributed by atoms with Crippen LogP contribution < -0.4 is 10.6 Å². The van der Waals surface area contributed by atoms with Crippen LogP contribution in [-0.4, -0.2) is 63.2 Å². The number of carbonyl (C=O) groups is 1. The van der Waals surface area contributed by atoms with E-state index in [2.05, 4.69) is 15.6 Å². The fraction of sp³-hybridized carbons (Fsp3) is 0.619. The molecule has 0 aromatic heterocycles. The second-order valence-electron chi connectivity index (χ2n) is 8.08. The van der Waals surface area contributed by atoms with Crippen LogP contribution in [0.5, 0.6) is 0 Å². The van der Waals surface area contributed by atoms with Gasteiger partial charge in [-0.3, -0.25) is 4.79 Å². The summed E-state index contributed by atoms with van der Waals surface area (Å²) in [5.41, 5.74) is 0.151. The number of amides is 1. The SMILES string of the molecule is CN(C)C(=O)CN=C(NCC1CCCCO1)NCC1(c2ccc(F)cc2F)CC1.I. The number of aliphatic imine (C=N–C) groups is 1. The number of rotatable bonds is 7. The molecule has 3 rings (SSSR count). The van der Waals surface area contributed by atoms with Gasteiger partial charge in [0.25, 0.3) is 0 Å². The number of guanidine groups is 1. The fourth-order valence-corrected chi connectivity index (χ4v) is 3.51. The molecule has 1 atom stereocenters. The number of carbonyl (C=O) groups excluding carboxylic acids is 1. The van der Waals surface area contributed by atoms with Crippen LogP contribution in [0.25, 0.3) is 0 Å². The smallest absolute Gasteiger partial charge is 0.243 e. The third-order valence-electron chi connectivity index (χ3n) is 5.59. The lowest BCUT2D eigenvalue weighted by atomic mass is 9.95. The molecule has 168 valence electrons. The highest BCUT2D eigenvalue weighted by atomic mass is 127. The maximum absolute atomic E-state index is 14.3. The lowest BCUT2D eigenvalue weighted by Gasteiger charge is -2.25. The Bertz CT molecular complexity index is 751. The summed E-state index contributed by atoms with van der Waals surface area (Å²) in [5, 5.41) is 6.50. The van der Waals surface area contributed by atoms with E-state index >= 15 is 0 Å². The Kier molecular flexibility index (Phi) is 9.27. The van der Waals surface area contributed by atoms with Gasteiger partial charge in [0.05, 0.1) is 6.10 Å². The molecule has 0 bridgehead atoms. The number of benzene rings is 1. The van der Waals surface area contributed by atoms with Crippen LogP contribution in [0.2, 0.25) is 0 Å². The summed E-state index contributed by atoms with van der Waals surface area (Å²) in [4.78, 5) is 17.8. The van der Waals surface area contributed by atoms with E-state index < -0.39 is 11.6 Å². The molecular weight excluding hydrogens is 505 g/mol. The summed E-state index contributed by atoms with van der Waals surface area (Å²) < 4.78 is 33.3. The molecule has 9 heteroatoms. The molecule has 1 aromatic carbocycles. The molecule has 2 N–H and O–H groups in total. The molecule has 2 fully saturated rings. The summed E-state index contributed by atoms with van der Waals surface area (Å²) in [7, 11) is 3.37. The van der Waals surface area contributed by atoms with Gasteiger partial charge in [-0.25, -0.2) is 13.8 Å². The average Bonchev–Trinajstić information content (AvgIpc) is 3.48. The van der Waals surface area contributed by atoms with Crippen LogP contribution in [0, 0.1) is 11.6 Å². The lowest BCUT2D eigenvalue weighted by molar-refractivity contribution is -0.127. The first kappa shape index (κ1) is 24.8. The van der Waals surface area contributed by atoms with E-state index in [0.29, 0.717) is 24.6 Å². The molecule has 2 aliphatic rings. The standard InChI is InChI=1S/C21H30F2N4O2.HI/c1-27(2)19(28)13-25-20(24-12-16-5-3-4-10-29-16)26-14-21(8-9-21)17-7-6-15(22)11-18(17)23;/h6-7,11,16H,3-5,8-10,12-14H2,1-2H3,(H2,24,25,26);1H. The van der Waals surface area contributed by atoms with Crippen LogP contribution in [0.1, 0.15) is 37.7 Å². The van der Waals surface area contributed by atoms with Gasteiger partial charge in [0.1, 0.15) is 18.2 Å². The fourth-order valence-electron chi connectivity index (χ4n) is 3.51. The number of halogens is 3. The Morgan fingerprint density at radius 1 is 1.27 bits per heavy atom. The molecule has 1 unspecified atom stereocenters. The Labute approximate surface area is 193 Å². The van der Waals surface area contributed by atoms with Gasteiger partial charge < -0.3 is 20.3 Å². The maximum Gasteiger partial charge on any atom is 0.243 e. The first-order chi connectivity index (χ1) is 13.9. The van der Waals surface area contributed by atoms with Gasteiger partial charge in [0.15, 0.2) is 5.96 Å². The van der Waals surface area contributed by atoms with Crippen molar-refractivity contribution < 1.29 is 18.3 Å². The highest BCUT2D eigenvalue weighted by Gasteiger charge is 2.46. The summed E-state index contributed by atoms with van der Waals surface area (Å²) in [6, 6.07) is 3.75. The first-order valence-corrected chi connectivity index (χ1v) is 10.2.